The van der Waals surface area contributed by atoms with Crippen LogP contribution in [0.1, 0.15) is 33.1 Å². The molecule has 0 aromatic carbocycles. The Hall–Kier alpha value is -0.0800. The van der Waals surface area contributed by atoms with Gasteiger partial charge in [-0.25, -0.2) is 0 Å². The Morgan fingerprint density at radius 3 is 2.62 bits per heavy atom. The molecule has 1 atom stereocenters. The summed E-state index contributed by atoms with van der Waals surface area (Å²) in [6.07, 6.45) is 4.13. The lowest BCUT2D eigenvalue weighted by Gasteiger charge is -2.50. The molecule has 2 rings (SSSR count). The standard InChI is InChI=1S/C11H22N2/c1-11(2)8-13(9-11)10-4-3-6-12-7-5-10/h10,12H,3-9H2,1-2H3. The first-order valence-electron chi connectivity index (χ1n) is 5.62. The van der Waals surface area contributed by atoms with Crippen LogP contribution in [0.2, 0.25) is 0 Å². The van der Waals surface area contributed by atoms with E-state index in [4.69, 9.17) is 0 Å². The van der Waals surface area contributed by atoms with Gasteiger partial charge in [0.25, 0.3) is 0 Å². The fourth-order valence-electron chi connectivity index (χ4n) is 2.68. The molecule has 0 aliphatic carbocycles. The monoisotopic (exact) mass is 182 g/mol. The minimum absolute atomic E-state index is 0.597. The van der Waals surface area contributed by atoms with Gasteiger partial charge in [-0.15, -0.1) is 0 Å². The summed E-state index contributed by atoms with van der Waals surface area (Å²) in [5.41, 5.74) is 0.597. The predicted octanol–water partition coefficient (Wildman–Crippen LogP) is 1.47. The molecular formula is C11H22N2. The fraction of sp³-hybridized carbons (Fsp3) is 1.00. The Morgan fingerprint density at radius 1 is 1.15 bits per heavy atom. The third-order valence-electron chi connectivity index (χ3n) is 3.32. The SMILES string of the molecule is CC1(C)CN(C2CCCNCC2)C1. The highest BCUT2D eigenvalue weighted by molar-refractivity contribution is 4.92. The van der Waals surface area contributed by atoms with Gasteiger partial charge in [0, 0.05) is 19.1 Å². The first-order chi connectivity index (χ1) is 6.17. The minimum atomic E-state index is 0.597. The van der Waals surface area contributed by atoms with Crippen molar-refractivity contribution < 1.29 is 0 Å². The largest absolute Gasteiger partial charge is 0.317 e. The second-order valence-corrected chi connectivity index (χ2v) is 5.40. The molecular weight excluding hydrogens is 160 g/mol. The summed E-state index contributed by atoms with van der Waals surface area (Å²) in [6.45, 7) is 9.83. The summed E-state index contributed by atoms with van der Waals surface area (Å²) >= 11 is 0. The highest BCUT2D eigenvalue weighted by Crippen LogP contribution is 2.32. The molecule has 2 saturated heterocycles. The van der Waals surface area contributed by atoms with E-state index in [0.717, 1.165) is 6.04 Å². The highest BCUT2D eigenvalue weighted by Gasteiger charge is 2.37. The molecule has 0 radical (unpaired) electrons. The van der Waals surface area contributed by atoms with Crippen molar-refractivity contribution in [3.8, 4) is 0 Å². The summed E-state index contributed by atoms with van der Waals surface area (Å²) < 4.78 is 0. The molecule has 0 spiro atoms. The molecule has 2 aliphatic heterocycles. The molecule has 2 heteroatoms. The van der Waals surface area contributed by atoms with Crippen molar-refractivity contribution in [1.82, 2.24) is 10.2 Å². The lowest BCUT2D eigenvalue weighted by Crippen LogP contribution is -2.57. The van der Waals surface area contributed by atoms with E-state index < -0.39 is 0 Å². The van der Waals surface area contributed by atoms with Crippen molar-refractivity contribution in [3.05, 3.63) is 0 Å². The van der Waals surface area contributed by atoms with Crippen LogP contribution in [0.3, 0.4) is 0 Å². The first kappa shape index (κ1) is 9.47. The topological polar surface area (TPSA) is 15.3 Å². The molecule has 13 heavy (non-hydrogen) atoms. The first-order valence-corrected chi connectivity index (χ1v) is 5.62. The van der Waals surface area contributed by atoms with Gasteiger partial charge in [-0.05, 0) is 37.8 Å². The van der Waals surface area contributed by atoms with Gasteiger partial charge >= 0.3 is 0 Å². The van der Waals surface area contributed by atoms with E-state index in [1.165, 1.54) is 45.4 Å². The zero-order valence-electron chi connectivity index (χ0n) is 8.97. The summed E-state index contributed by atoms with van der Waals surface area (Å²) in [5, 5.41) is 3.47. The Balaban J connectivity index is 1.80. The van der Waals surface area contributed by atoms with Crippen molar-refractivity contribution >= 4 is 0 Å². The third-order valence-corrected chi connectivity index (χ3v) is 3.32. The average Bonchev–Trinajstić information content (AvgIpc) is 2.26. The van der Waals surface area contributed by atoms with Crippen LogP contribution in [0.25, 0.3) is 0 Å². The summed E-state index contributed by atoms with van der Waals surface area (Å²) in [5.74, 6) is 0. The van der Waals surface area contributed by atoms with Crippen LogP contribution in [-0.4, -0.2) is 37.1 Å². The number of nitrogens with zero attached hydrogens (tertiary/aromatic N) is 1. The van der Waals surface area contributed by atoms with Gasteiger partial charge in [-0.3, -0.25) is 4.90 Å². The molecule has 0 amide bonds. The van der Waals surface area contributed by atoms with Gasteiger partial charge in [-0.2, -0.15) is 0 Å². The van der Waals surface area contributed by atoms with E-state index >= 15 is 0 Å². The second-order valence-electron chi connectivity index (χ2n) is 5.40. The predicted molar refractivity (Wildman–Crippen MR) is 55.9 cm³/mol. The van der Waals surface area contributed by atoms with E-state index in [9.17, 15) is 0 Å². The maximum absolute atomic E-state index is 3.47. The van der Waals surface area contributed by atoms with Crippen molar-refractivity contribution in [1.29, 1.82) is 0 Å². The molecule has 1 N–H and O–H groups in total. The maximum Gasteiger partial charge on any atom is 0.0108 e. The molecule has 1 unspecified atom stereocenters. The van der Waals surface area contributed by atoms with Crippen molar-refractivity contribution in [2.75, 3.05) is 26.2 Å². The Morgan fingerprint density at radius 2 is 1.92 bits per heavy atom. The van der Waals surface area contributed by atoms with Gasteiger partial charge in [0.2, 0.25) is 0 Å². The Kier molecular flexibility index (Phi) is 2.61. The van der Waals surface area contributed by atoms with Crippen LogP contribution in [0, 0.1) is 5.41 Å². The van der Waals surface area contributed by atoms with Crippen molar-refractivity contribution in [2.45, 2.75) is 39.2 Å². The lowest BCUT2D eigenvalue weighted by atomic mass is 9.82. The van der Waals surface area contributed by atoms with Gasteiger partial charge in [-0.1, -0.05) is 13.8 Å². The Bertz CT molecular complexity index is 161. The van der Waals surface area contributed by atoms with Crippen LogP contribution < -0.4 is 5.32 Å². The lowest BCUT2D eigenvalue weighted by molar-refractivity contribution is -0.00969. The quantitative estimate of drug-likeness (QED) is 0.660. The number of hydrogen-bond acceptors (Lipinski definition) is 2. The molecule has 2 nitrogen and oxygen atoms in total. The van der Waals surface area contributed by atoms with E-state index in [-0.39, 0.29) is 0 Å². The Labute approximate surface area is 81.7 Å². The van der Waals surface area contributed by atoms with E-state index in [2.05, 4.69) is 24.1 Å². The zero-order chi connectivity index (χ0) is 9.31. The maximum atomic E-state index is 3.47. The van der Waals surface area contributed by atoms with Gasteiger partial charge < -0.3 is 5.32 Å². The third kappa shape index (κ3) is 2.23. The molecule has 2 aliphatic rings. The minimum Gasteiger partial charge on any atom is -0.317 e. The highest BCUT2D eigenvalue weighted by atomic mass is 15.2. The van der Waals surface area contributed by atoms with E-state index in [1.807, 2.05) is 0 Å². The van der Waals surface area contributed by atoms with E-state index in [1.54, 1.807) is 0 Å². The van der Waals surface area contributed by atoms with Crippen LogP contribution in [0.4, 0.5) is 0 Å². The van der Waals surface area contributed by atoms with Crippen LogP contribution in [0.15, 0.2) is 0 Å². The second kappa shape index (κ2) is 3.58. The van der Waals surface area contributed by atoms with Crippen LogP contribution >= 0.6 is 0 Å². The number of nitrogens with one attached hydrogen (secondary N) is 1. The van der Waals surface area contributed by atoms with Gasteiger partial charge in [0.1, 0.15) is 0 Å². The molecule has 2 fully saturated rings. The van der Waals surface area contributed by atoms with Crippen LogP contribution in [-0.2, 0) is 0 Å². The smallest absolute Gasteiger partial charge is 0.0108 e. The molecule has 0 bridgehead atoms. The molecule has 0 aromatic rings. The van der Waals surface area contributed by atoms with Crippen LogP contribution in [0.5, 0.6) is 0 Å². The molecule has 2 heterocycles. The fourth-order valence-corrected chi connectivity index (χ4v) is 2.68. The number of likely N-dealkylation sites (tertiary alicyclic amines) is 1. The van der Waals surface area contributed by atoms with E-state index in [0.29, 0.717) is 5.41 Å². The zero-order valence-corrected chi connectivity index (χ0v) is 8.97. The summed E-state index contributed by atoms with van der Waals surface area (Å²) in [6, 6.07) is 0.878. The average molecular weight is 182 g/mol. The number of rotatable bonds is 1. The molecule has 0 aromatic heterocycles. The van der Waals surface area contributed by atoms with Gasteiger partial charge in [0.15, 0.2) is 0 Å². The normalized spacial score (nSPS) is 35.1. The summed E-state index contributed by atoms with van der Waals surface area (Å²) in [7, 11) is 0. The molecule has 76 valence electrons. The summed E-state index contributed by atoms with van der Waals surface area (Å²) in [4.78, 5) is 2.67. The van der Waals surface area contributed by atoms with Crippen molar-refractivity contribution in [2.24, 2.45) is 5.41 Å². The van der Waals surface area contributed by atoms with Gasteiger partial charge in [0.05, 0.1) is 0 Å². The van der Waals surface area contributed by atoms with Crippen molar-refractivity contribution in [3.63, 3.8) is 0 Å². The number of hydrogen-bond donors (Lipinski definition) is 1. The molecule has 0 saturated carbocycles.